The van der Waals surface area contributed by atoms with Gasteiger partial charge in [-0.15, -0.1) is 0 Å². The summed E-state index contributed by atoms with van der Waals surface area (Å²) in [5.41, 5.74) is -0.645. The van der Waals surface area contributed by atoms with Crippen LogP contribution in [-0.4, -0.2) is 58.4 Å². The quantitative estimate of drug-likeness (QED) is 0.452. The Hall–Kier alpha value is -4.44. The number of hydrogen-bond donors (Lipinski definition) is 2. The third kappa shape index (κ3) is 4.67. The van der Waals surface area contributed by atoms with E-state index in [-0.39, 0.29) is 24.2 Å². The Labute approximate surface area is 233 Å². The first-order chi connectivity index (χ1) is 19.7. The van der Waals surface area contributed by atoms with E-state index >= 15 is 8.78 Å². The number of aromatic nitrogens is 2. The summed E-state index contributed by atoms with van der Waals surface area (Å²) >= 11 is 0. The van der Waals surface area contributed by atoms with Gasteiger partial charge in [-0.25, -0.2) is 23.0 Å². The van der Waals surface area contributed by atoms with Gasteiger partial charge in [-0.3, -0.25) is 14.3 Å². The van der Waals surface area contributed by atoms with E-state index in [2.05, 4.69) is 20.6 Å². The molecule has 0 bridgehead atoms. The fraction of sp³-hybridized carbons (Fsp3) is 0.393. The Balaban J connectivity index is 1.16. The van der Waals surface area contributed by atoms with Gasteiger partial charge in [-0.1, -0.05) is 0 Å². The highest BCUT2D eigenvalue weighted by molar-refractivity contribution is 6.06. The number of piperazine rings is 1. The second-order valence-electron chi connectivity index (χ2n) is 10.6. The van der Waals surface area contributed by atoms with E-state index in [0.717, 1.165) is 0 Å². The molecule has 212 valence electrons. The standard InChI is InChI=1S/C28H27F3N8O2/c1-2-39-25-20-18(33-15-34-25)13-16(21(29)24(20)35-27(39)41)14-37-9-11-38(12-10-37)19-4-3-17(22(30)23(19)31)26(40)36-28(5-6-28)7-8-32/h3-4,13,15H,2,5-7,9-12,14H2,1H3,(H,33,34)(H,36,40). The molecule has 1 amide bonds. The van der Waals surface area contributed by atoms with Gasteiger partial charge in [-0.2, -0.15) is 10.2 Å². The minimum Gasteiger partial charge on any atom is -0.367 e. The average Bonchev–Trinajstić information content (AvgIpc) is 3.72. The van der Waals surface area contributed by atoms with Crippen LogP contribution in [0.2, 0.25) is 0 Å². The lowest BCUT2D eigenvalue weighted by Gasteiger charge is -2.36. The predicted molar refractivity (Wildman–Crippen MR) is 147 cm³/mol. The van der Waals surface area contributed by atoms with Crippen LogP contribution in [0.25, 0.3) is 10.9 Å². The van der Waals surface area contributed by atoms with Crippen molar-refractivity contribution < 1.29 is 18.0 Å². The van der Waals surface area contributed by atoms with Gasteiger partial charge in [0.2, 0.25) is 0 Å². The predicted octanol–water partition coefficient (Wildman–Crippen LogP) is 3.42. The lowest BCUT2D eigenvalue weighted by molar-refractivity contribution is 0.0927. The van der Waals surface area contributed by atoms with Crippen LogP contribution in [-0.2, 0) is 13.1 Å². The van der Waals surface area contributed by atoms with Crippen molar-refractivity contribution in [2.24, 2.45) is 4.99 Å². The highest BCUT2D eigenvalue weighted by atomic mass is 19.2. The number of rotatable bonds is 7. The van der Waals surface area contributed by atoms with Crippen LogP contribution in [0.3, 0.4) is 0 Å². The molecule has 1 saturated carbocycles. The van der Waals surface area contributed by atoms with Crippen molar-refractivity contribution in [2.75, 3.05) is 36.4 Å². The zero-order chi connectivity index (χ0) is 28.9. The van der Waals surface area contributed by atoms with Crippen molar-refractivity contribution in [1.82, 2.24) is 19.8 Å². The fourth-order valence-corrected chi connectivity index (χ4v) is 5.53. The zero-order valence-corrected chi connectivity index (χ0v) is 22.3. The van der Waals surface area contributed by atoms with Gasteiger partial charge in [0.1, 0.15) is 11.3 Å². The van der Waals surface area contributed by atoms with Crippen molar-refractivity contribution in [3.8, 4) is 6.07 Å². The molecule has 3 aliphatic rings. The van der Waals surface area contributed by atoms with E-state index in [9.17, 15) is 14.0 Å². The lowest BCUT2D eigenvalue weighted by Crippen LogP contribution is -2.46. The van der Waals surface area contributed by atoms with Gasteiger partial charge >= 0.3 is 5.69 Å². The molecular weight excluding hydrogens is 537 g/mol. The number of nitrogens with zero attached hydrogens (tertiary/aromatic N) is 6. The second-order valence-corrected chi connectivity index (χ2v) is 10.6. The van der Waals surface area contributed by atoms with Crippen molar-refractivity contribution in [2.45, 2.75) is 44.8 Å². The molecule has 2 aliphatic heterocycles. The molecule has 0 atom stereocenters. The Morgan fingerprint density at radius 2 is 1.90 bits per heavy atom. The summed E-state index contributed by atoms with van der Waals surface area (Å²) in [6.45, 7) is 3.96. The maximum atomic E-state index is 15.6. The number of aliphatic imine (C=N–C) groups is 1. The van der Waals surface area contributed by atoms with E-state index in [1.54, 1.807) is 17.9 Å². The van der Waals surface area contributed by atoms with Crippen LogP contribution in [0.5, 0.6) is 0 Å². The summed E-state index contributed by atoms with van der Waals surface area (Å²) in [7, 11) is 0. The molecule has 41 heavy (non-hydrogen) atoms. The van der Waals surface area contributed by atoms with Crippen LogP contribution in [0.4, 0.5) is 30.4 Å². The van der Waals surface area contributed by atoms with Crippen LogP contribution in [0, 0.1) is 28.8 Å². The maximum Gasteiger partial charge on any atom is 0.349 e. The largest absolute Gasteiger partial charge is 0.367 e. The van der Waals surface area contributed by atoms with Crippen LogP contribution in [0.15, 0.2) is 28.0 Å². The molecule has 1 aromatic heterocycles. The van der Waals surface area contributed by atoms with Crippen molar-refractivity contribution >= 4 is 40.3 Å². The average molecular weight is 565 g/mol. The number of carbonyl (C=O) groups excluding carboxylic acids is 1. The summed E-state index contributed by atoms with van der Waals surface area (Å²) in [4.78, 5) is 37.0. The Kier molecular flexibility index (Phi) is 6.65. The summed E-state index contributed by atoms with van der Waals surface area (Å²) in [6.07, 6.45) is 2.84. The van der Waals surface area contributed by atoms with E-state index < -0.39 is 40.2 Å². The molecule has 6 rings (SSSR count). The zero-order valence-electron chi connectivity index (χ0n) is 22.3. The first-order valence-corrected chi connectivity index (χ1v) is 13.4. The monoisotopic (exact) mass is 564 g/mol. The summed E-state index contributed by atoms with van der Waals surface area (Å²) in [6, 6.07) is 6.35. The molecule has 1 aliphatic carbocycles. The number of hydrogen-bond acceptors (Lipinski definition) is 8. The third-order valence-electron chi connectivity index (χ3n) is 8.02. The SMILES string of the molecule is CCn1c2c3c(cc(CN4CCN(c5ccc(C(=O)NC6(CC#N)CC6)c(F)c5F)CC4)c(F)c3nc1=O)NC=N2. The van der Waals surface area contributed by atoms with Gasteiger partial charge in [0.25, 0.3) is 5.91 Å². The molecular formula is C28H27F3N8O2. The normalized spacial score (nSPS) is 17.3. The molecule has 0 unspecified atom stereocenters. The molecule has 3 heterocycles. The van der Waals surface area contributed by atoms with Crippen LogP contribution < -0.4 is 21.2 Å². The number of benzene rings is 2. The minimum atomic E-state index is -1.23. The van der Waals surface area contributed by atoms with Gasteiger partial charge in [0.05, 0.1) is 46.7 Å². The number of nitrogens with one attached hydrogen (secondary N) is 2. The number of amides is 1. The van der Waals surface area contributed by atoms with Crippen molar-refractivity contribution in [3.63, 3.8) is 0 Å². The minimum absolute atomic E-state index is 0.0351. The fourth-order valence-electron chi connectivity index (χ4n) is 5.53. The number of carbonyl (C=O) groups is 1. The van der Waals surface area contributed by atoms with Crippen LogP contribution in [0.1, 0.15) is 42.1 Å². The molecule has 13 heteroatoms. The molecule has 2 aromatic carbocycles. The highest BCUT2D eigenvalue weighted by Crippen LogP contribution is 2.39. The van der Waals surface area contributed by atoms with Gasteiger partial charge < -0.3 is 15.5 Å². The molecule has 2 N–H and O–H groups in total. The molecule has 2 fully saturated rings. The topological polar surface area (TPSA) is 119 Å². The molecule has 10 nitrogen and oxygen atoms in total. The van der Waals surface area contributed by atoms with Gasteiger partial charge in [0.15, 0.2) is 17.5 Å². The summed E-state index contributed by atoms with van der Waals surface area (Å²) in [5, 5.41) is 15.1. The van der Waals surface area contributed by atoms with Gasteiger partial charge in [0, 0.05) is 44.8 Å². The van der Waals surface area contributed by atoms with E-state index in [0.29, 0.717) is 68.0 Å². The number of anilines is 2. The van der Waals surface area contributed by atoms with E-state index in [1.165, 1.54) is 23.0 Å². The van der Waals surface area contributed by atoms with Gasteiger partial charge in [-0.05, 0) is 38.0 Å². The Morgan fingerprint density at radius 1 is 1.15 bits per heavy atom. The lowest BCUT2D eigenvalue weighted by atomic mass is 10.1. The Morgan fingerprint density at radius 3 is 2.59 bits per heavy atom. The Bertz CT molecular complexity index is 1700. The van der Waals surface area contributed by atoms with Crippen molar-refractivity contribution in [1.29, 1.82) is 5.26 Å². The summed E-state index contributed by atoms with van der Waals surface area (Å²) < 4.78 is 47.0. The highest BCUT2D eigenvalue weighted by Gasteiger charge is 2.44. The molecule has 0 spiro atoms. The number of halogens is 3. The van der Waals surface area contributed by atoms with E-state index in [1.807, 2.05) is 11.0 Å². The summed E-state index contributed by atoms with van der Waals surface area (Å²) in [5.74, 6) is -3.30. The van der Waals surface area contributed by atoms with E-state index in [4.69, 9.17) is 5.26 Å². The smallest absolute Gasteiger partial charge is 0.349 e. The molecule has 3 aromatic rings. The third-order valence-corrected chi connectivity index (χ3v) is 8.02. The first kappa shape index (κ1) is 26.8. The number of nitriles is 1. The first-order valence-electron chi connectivity index (χ1n) is 13.4. The van der Waals surface area contributed by atoms with Crippen molar-refractivity contribution in [3.05, 3.63) is 57.3 Å². The molecule has 0 radical (unpaired) electrons. The maximum absolute atomic E-state index is 15.6. The van der Waals surface area contributed by atoms with Crippen LogP contribution >= 0.6 is 0 Å². The second kappa shape index (κ2) is 10.2. The molecule has 1 saturated heterocycles.